The molecular formula is C12H11Cl2NOS. The molecule has 1 aromatic heterocycles. The van der Waals surface area contributed by atoms with E-state index >= 15 is 0 Å². The first-order valence-electron chi connectivity index (χ1n) is 5.05. The number of benzene rings is 1. The van der Waals surface area contributed by atoms with Crippen molar-refractivity contribution in [1.82, 2.24) is 5.32 Å². The van der Waals surface area contributed by atoms with Crippen molar-refractivity contribution in [3.63, 3.8) is 0 Å². The predicted octanol–water partition coefficient (Wildman–Crippen LogP) is 4.05. The normalized spacial score (nSPS) is 10.7. The number of halogens is 2. The fraction of sp³-hybridized carbons (Fsp3) is 0.167. The van der Waals surface area contributed by atoms with Crippen molar-refractivity contribution in [3.05, 3.63) is 50.1 Å². The quantitative estimate of drug-likeness (QED) is 0.889. The molecule has 2 N–H and O–H groups in total. The van der Waals surface area contributed by atoms with Crippen LogP contribution in [0.4, 0.5) is 0 Å². The maximum Gasteiger partial charge on any atom is 0.138 e. The van der Waals surface area contributed by atoms with Crippen LogP contribution in [0.2, 0.25) is 10.0 Å². The molecule has 0 bridgehead atoms. The molecule has 90 valence electrons. The van der Waals surface area contributed by atoms with E-state index in [9.17, 15) is 5.11 Å². The minimum absolute atomic E-state index is 0.0916. The molecule has 0 saturated heterocycles. The number of rotatable bonds is 4. The molecule has 2 aromatic rings. The lowest BCUT2D eigenvalue weighted by molar-refractivity contribution is 0.464. The molecule has 0 aliphatic rings. The van der Waals surface area contributed by atoms with Crippen molar-refractivity contribution in [2.24, 2.45) is 0 Å². The maximum absolute atomic E-state index is 9.75. The summed E-state index contributed by atoms with van der Waals surface area (Å²) in [5.74, 6) is 0.0916. The molecule has 1 heterocycles. The van der Waals surface area contributed by atoms with Crippen molar-refractivity contribution < 1.29 is 5.11 Å². The van der Waals surface area contributed by atoms with Crippen LogP contribution in [0.3, 0.4) is 0 Å². The molecule has 0 radical (unpaired) electrons. The predicted molar refractivity (Wildman–Crippen MR) is 73.0 cm³/mol. The highest BCUT2D eigenvalue weighted by Gasteiger charge is 2.07. The molecule has 0 aliphatic carbocycles. The van der Waals surface area contributed by atoms with Crippen LogP contribution in [0, 0.1) is 0 Å². The lowest BCUT2D eigenvalue weighted by atomic mass is 10.2. The summed E-state index contributed by atoms with van der Waals surface area (Å²) in [4.78, 5) is 0. The summed E-state index contributed by atoms with van der Waals surface area (Å²) in [6.07, 6.45) is 0. The minimum Gasteiger partial charge on any atom is -0.506 e. The van der Waals surface area contributed by atoms with E-state index in [2.05, 4.69) is 16.8 Å². The van der Waals surface area contributed by atoms with E-state index in [-0.39, 0.29) is 10.8 Å². The van der Waals surface area contributed by atoms with Crippen LogP contribution in [-0.2, 0) is 13.1 Å². The van der Waals surface area contributed by atoms with Gasteiger partial charge in [0, 0.05) is 23.7 Å². The zero-order chi connectivity index (χ0) is 12.3. The number of phenolic OH excluding ortho intramolecular Hbond substituents is 1. The summed E-state index contributed by atoms with van der Waals surface area (Å²) in [6, 6.07) is 5.30. The van der Waals surface area contributed by atoms with Gasteiger partial charge in [0.25, 0.3) is 0 Å². The second-order valence-corrected chi connectivity index (χ2v) is 5.25. The zero-order valence-corrected chi connectivity index (χ0v) is 11.2. The topological polar surface area (TPSA) is 32.3 Å². The Morgan fingerprint density at radius 1 is 1.24 bits per heavy atom. The number of phenols is 1. The van der Waals surface area contributed by atoms with Gasteiger partial charge in [-0.2, -0.15) is 11.3 Å². The Labute approximate surface area is 114 Å². The van der Waals surface area contributed by atoms with Crippen LogP contribution in [-0.4, -0.2) is 5.11 Å². The Morgan fingerprint density at radius 2 is 2.06 bits per heavy atom. The van der Waals surface area contributed by atoms with Gasteiger partial charge in [0.1, 0.15) is 5.75 Å². The summed E-state index contributed by atoms with van der Waals surface area (Å²) < 4.78 is 0. The van der Waals surface area contributed by atoms with Crippen molar-refractivity contribution in [2.45, 2.75) is 13.1 Å². The van der Waals surface area contributed by atoms with Gasteiger partial charge < -0.3 is 10.4 Å². The Hall–Kier alpha value is -0.740. The second kappa shape index (κ2) is 5.74. The molecule has 5 heteroatoms. The molecular weight excluding hydrogens is 277 g/mol. The van der Waals surface area contributed by atoms with Gasteiger partial charge in [-0.1, -0.05) is 23.2 Å². The monoisotopic (exact) mass is 287 g/mol. The van der Waals surface area contributed by atoms with E-state index in [4.69, 9.17) is 23.2 Å². The molecule has 17 heavy (non-hydrogen) atoms. The molecule has 0 unspecified atom stereocenters. The summed E-state index contributed by atoms with van der Waals surface area (Å²) in [5.41, 5.74) is 1.93. The number of aromatic hydroxyl groups is 1. The van der Waals surface area contributed by atoms with Crippen LogP contribution in [0.5, 0.6) is 5.75 Å². The van der Waals surface area contributed by atoms with Crippen molar-refractivity contribution >= 4 is 34.5 Å². The summed E-state index contributed by atoms with van der Waals surface area (Å²) in [6.45, 7) is 1.29. The third-order valence-corrected chi connectivity index (χ3v) is 3.57. The SMILES string of the molecule is Oc1c(Cl)cc(Cl)cc1CNCc1ccsc1. The zero-order valence-electron chi connectivity index (χ0n) is 8.91. The van der Waals surface area contributed by atoms with E-state index in [1.54, 1.807) is 17.4 Å². The highest BCUT2D eigenvalue weighted by Crippen LogP contribution is 2.30. The molecule has 0 atom stereocenters. The van der Waals surface area contributed by atoms with Crippen molar-refractivity contribution in [1.29, 1.82) is 0 Å². The van der Waals surface area contributed by atoms with Gasteiger partial charge in [0.2, 0.25) is 0 Å². The fourth-order valence-corrected chi connectivity index (χ4v) is 2.69. The third kappa shape index (κ3) is 3.36. The van der Waals surface area contributed by atoms with E-state index in [1.807, 2.05) is 5.38 Å². The highest BCUT2D eigenvalue weighted by atomic mass is 35.5. The number of hydrogen-bond acceptors (Lipinski definition) is 3. The van der Waals surface area contributed by atoms with Gasteiger partial charge in [-0.05, 0) is 34.5 Å². The fourth-order valence-electron chi connectivity index (χ4n) is 1.49. The Morgan fingerprint density at radius 3 is 2.76 bits per heavy atom. The maximum atomic E-state index is 9.75. The lowest BCUT2D eigenvalue weighted by Crippen LogP contribution is -2.12. The first-order valence-corrected chi connectivity index (χ1v) is 6.75. The van der Waals surface area contributed by atoms with E-state index < -0.39 is 0 Å². The molecule has 0 fully saturated rings. The first-order chi connectivity index (χ1) is 8.16. The van der Waals surface area contributed by atoms with E-state index in [0.29, 0.717) is 17.1 Å². The summed E-state index contributed by atoms with van der Waals surface area (Å²) in [7, 11) is 0. The first kappa shape index (κ1) is 12.7. The summed E-state index contributed by atoms with van der Waals surface area (Å²) in [5, 5.41) is 17.9. The van der Waals surface area contributed by atoms with Crippen LogP contribution < -0.4 is 5.32 Å². The standard InChI is InChI=1S/C12H11Cl2NOS/c13-10-3-9(12(16)11(14)4-10)6-15-5-8-1-2-17-7-8/h1-4,7,15-16H,5-6H2. The van der Waals surface area contributed by atoms with Crippen LogP contribution in [0.15, 0.2) is 29.0 Å². The van der Waals surface area contributed by atoms with Crippen LogP contribution in [0.1, 0.15) is 11.1 Å². The van der Waals surface area contributed by atoms with Gasteiger partial charge in [-0.15, -0.1) is 0 Å². The van der Waals surface area contributed by atoms with Gasteiger partial charge in [0.15, 0.2) is 0 Å². The van der Waals surface area contributed by atoms with Gasteiger partial charge >= 0.3 is 0 Å². The Bertz CT molecular complexity index is 499. The third-order valence-electron chi connectivity index (χ3n) is 2.33. The average Bonchev–Trinajstić information content (AvgIpc) is 2.78. The van der Waals surface area contributed by atoms with Gasteiger partial charge in [-0.25, -0.2) is 0 Å². The number of thiophene rings is 1. The van der Waals surface area contributed by atoms with Crippen molar-refractivity contribution in [3.8, 4) is 5.75 Å². The Kier molecular flexibility index (Phi) is 4.29. The molecule has 2 nitrogen and oxygen atoms in total. The van der Waals surface area contributed by atoms with Gasteiger partial charge in [0.05, 0.1) is 5.02 Å². The molecule has 1 aromatic carbocycles. The molecule has 0 aliphatic heterocycles. The van der Waals surface area contributed by atoms with Crippen LogP contribution >= 0.6 is 34.5 Å². The van der Waals surface area contributed by atoms with Crippen LogP contribution in [0.25, 0.3) is 0 Å². The minimum atomic E-state index is 0.0916. The number of hydrogen-bond donors (Lipinski definition) is 2. The second-order valence-electron chi connectivity index (χ2n) is 3.63. The molecule has 0 amide bonds. The highest BCUT2D eigenvalue weighted by molar-refractivity contribution is 7.07. The molecule has 2 rings (SSSR count). The van der Waals surface area contributed by atoms with Crippen molar-refractivity contribution in [2.75, 3.05) is 0 Å². The number of nitrogens with one attached hydrogen (secondary N) is 1. The largest absolute Gasteiger partial charge is 0.506 e. The van der Waals surface area contributed by atoms with E-state index in [0.717, 1.165) is 6.54 Å². The molecule has 0 spiro atoms. The molecule has 0 saturated carbocycles. The summed E-state index contributed by atoms with van der Waals surface area (Å²) >= 11 is 13.4. The van der Waals surface area contributed by atoms with E-state index in [1.165, 1.54) is 11.6 Å². The lowest BCUT2D eigenvalue weighted by Gasteiger charge is -2.08. The van der Waals surface area contributed by atoms with Gasteiger partial charge in [-0.3, -0.25) is 0 Å². The average molecular weight is 288 g/mol. The smallest absolute Gasteiger partial charge is 0.138 e. The Balaban J connectivity index is 1.99.